The molecule has 8 heteroatoms. The van der Waals surface area contributed by atoms with Crippen molar-refractivity contribution in [3.05, 3.63) is 23.5 Å². The van der Waals surface area contributed by atoms with Crippen LogP contribution in [0.25, 0.3) is 11.2 Å². The number of alkyl carbamates (subject to hydrolysis) is 1. The van der Waals surface area contributed by atoms with Crippen LogP contribution in [0.4, 0.5) is 10.6 Å². The summed E-state index contributed by atoms with van der Waals surface area (Å²) in [5.74, 6) is 0.870. The van der Waals surface area contributed by atoms with Crippen molar-refractivity contribution in [1.29, 1.82) is 0 Å². The molecule has 1 amide bonds. The standard InChI is InChI=1S/C19H24ClN5O2/c1-19(2,3)27-18(26)22-11-8-12-4-5-13(9-11)25(12)16-10-21-17-14(23-16)6-7-15(20)24-17/h6-7,10-13H,4-5,8-9H2,1-3H3,(H,22,26)/t11?,12-,13+. The number of nitrogens with zero attached hydrogens (tertiary/aromatic N) is 4. The van der Waals surface area contributed by atoms with E-state index in [0.717, 1.165) is 37.0 Å². The Morgan fingerprint density at radius 1 is 1.22 bits per heavy atom. The smallest absolute Gasteiger partial charge is 0.407 e. The average molecular weight is 390 g/mol. The van der Waals surface area contributed by atoms with Crippen LogP contribution in [0, 0.1) is 0 Å². The van der Waals surface area contributed by atoms with Gasteiger partial charge in [-0.2, -0.15) is 0 Å². The van der Waals surface area contributed by atoms with Crippen molar-refractivity contribution < 1.29 is 9.53 Å². The zero-order valence-corrected chi connectivity index (χ0v) is 16.5. The van der Waals surface area contributed by atoms with E-state index in [0.29, 0.717) is 22.9 Å². The quantitative estimate of drug-likeness (QED) is 0.789. The van der Waals surface area contributed by atoms with Gasteiger partial charge in [-0.25, -0.2) is 19.7 Å². The Labute approximate surface area is 163 Å². The third-order valence-corrected chi connectivity index (χ3v) is 5.29. The number of carbonyl (C=O) groups is 1. The van der Waals surface area contributed by atoms with Crippen LogP contribution in [0.1, 0.15) is 46.5 Å². The largest absolute Gasteiger partial charge is 0.444 e. The van der Waals surface area contributed by atoms with Crippen molar-refractivity contribution in [2.45, 2.75) is 70.2 Å². The molecule has 2 fully saturated rings. The number of pyridine rings is 1. The molecule has 0 aromatic carbocycles. The highest BCUT2D eigenvalue weighted by molar-refractivity contribution is 6.29. The first-order valence-electron chi connectivity index (χ1n) is 9.36. The lowest BCUT2D eigenvalue weighted by atomic mass is 9.97. The number of nitrogens with one attached hydrogen (secondary N) is 1. The number of anilines is 1. The molecule has 3 atom stereocenters. The second-order valence-corrected chi connectivity index (χ2v) is 8.70. The number of hydrogen-bond donors (Lipinski definition) is 1. The van der Waals surface area contributed by atoms with E-state index in [-0.39, 0.29) is 12.1 Å². The number of ether oxygens (including phenoxy) is 1. The van der Waals surface area contributed by atoms with E-state index >= 15 is 0 Å². The third kappa shape index (κ3) is 3.93. The maximum Gasteiger partial charge on any atom is 0.407 e. The van der Waals surface area contributed by atoms with E-state index in [4.69, 9.17) is 21.3 Å². The molecule has 0 saturated carbocycles. The molecule has 2 aromatic heterocycles. The molecule has 0 radical (unpaired) electrons. The number of amides is 1. The second kappa shape index (κ2) is 6.78. The predicted molar refractivity (Wildman–Crippen MR) is 104 cm³/mol. The molecule has 27 heavy (non-hydrogen) atoms. The van der Waals surface area contributed by atoms with E-state index in [1.165, 1.54) is 0 Å². The molecule has 144 valence electrons. The number of hydrogen-bond acceptors (Lipinski definition) is 6. The van der Waals surface area contributed by atoms with Crippen molar-refractivity contribution in [2.75, 3.05) is 4.90 Å². The molecule has 0 aliphatic carbocycles. The van der Waals surface area contributed by atoms with Gasteiger partial charge in [0.05, 0.1) is 6.20 Å². The molecule has 4 rings (SSSR count). The Kier molecular flexibility index (Phi) is 4.58. The van der Waals surface area contributed by atoms with Gasteiger partial charge in [-0.05, 0) is 58.6 Å². The van der Waals surface area contributed by atoms with Crippen molar-refractivity contribution >= 4 is 34.7 Å². The fourth-order valence-electron chi connectivity index (χ4n) is 4.14. The van der Waals surface area contributed by atoms with Gasteiger partial charge < -0.3 is 15.0 Å². The fourth-order valence-corrected chi connectivity index (χ4v) is 4.28. The van der Waals surface area contributed by atoms with Crippen LogP contribution in [0.3, 0.4) is 0 Å². The molecule has 1 N–H and O–H groups in total. The van der Waals surface area contributed by atoms with Crippen molar-refractivity contribution in [3.63, 3.8) is 0 Å². The molecule has 0 spiro atoms. The summed E-state index contributed by atoms with van der Waals surface area (Å²) < 4.78 is 5.40. The summed E-state index contributed by atoms with van der Waals surface area (Å²) >= 11 is 5.93. The van der Waals surface area contributed by atoms with Crippen LogP contribution >= 0.6 is 11.6 Å². The van der Waals surface area contributed by atoms with E-state index in [9.17, 15) is 4.79 Å². The van der Waals surface area contributed by atoms with Gasteiger partial charge in [-0.15, -0.1) is 0 Å². The van der Waals surface area contributed by atoms with Crippen molar-refractivity contribution in [2.24, 2.45) is 0 Å². The normalized spacial score (nSPS) is 24.9. The number of carbonyl (C=O) groups excluding carboxylic acids is 1. The highest BCUT2D eigenvalue weighted by Gasteiger charge is 2.42. The minimum atomic E-state index is -0.485. The fraction of sp³-hybridized carbons (Fsp3) is 0.579. The van der Waals surface area contributed by atoms with Gasteiger partial charge in [0.1, 0.15) is 22.1 Å². The van der Waals surface area contributed by atoms with Gasteiger partial charge in [0.25, 0.3) is 0 Å². The summed E-state index contributed by atoms with van der Waals surface area (Å²) in [5, 5.41) is 3.45. The molecule has 4 heterocycles. The van der Waals surface area contributed by atoms with E-state index in [1.807, 2.05) is 26.8 Å². The number of piperidine rings is 1. The summed E-state index contributed by atoms with van der Waals surface area (Å²) in [6.07, 6.45) is 5.39. The zero-order chi connectivity index (χ0) is 19.2. The van der Waals surface area contributed by atoms with Crippen LogP contribution in [-0.2, 0) is 4.74 Å². The first kappa shape index (κ1) is 18.2. The van der Waals surface area contributed by atoms with Gasteiger partial charge in [0.2, 0.25) is 0 Å². The van der Waals surface area contributed by atoms with E-state index < -0.39 is 5.60 Å². The van der Waals surface area contributed by atoms with Crippen LogP contribution < -0.4 is 10.2 Å². The molecule has 2 aliphatic rings. The monoisotopic (exact) mass is 389 g/mol. The third-order valence-electron chi connectivity index (χ3n) is 5.08. The van der Waals surface area contributed by atoms with Crippen molar-refractivity contribution in [3.8, 4) is 0 Å². The Morgan fingerprint density at radius 3 is 2.59 bits per heavy atom. The summed E-state index contributed by atoms with van der Waals surface area (Å²) in [5.41, 5.74) is 0.812. The first-order valence-corrected chi connectivity index (χ1v) is 9.73. The van der Waals surface area contributed by atoms with Crippen LogP contribution in [0.15, 0.2) is 18.3 Å². The lowest BCUT2D eigenvalue weighted by Gasteiger charge is -2.39. The highest BCUT2D eigenvalue weighted by atomic mass is 35.5. The summed E-state index contributed by atoms with van der Waals surface area (Å²) in [6.45, 7) is 5.62. The molecule has 2 saturated heterocycles. The van der Waals surface area contributed by atoms with Gasteiger partial charge in [0, 0.05) is 18.1 Å². The topological polar surface area (TPSA) is 80.2 Å². The molecular formula is C19H24ClN5O2. The van der Waals surface area contributed by atoms with E-state index in [1.54, 1.807) is 12.3 Å². The minimum absolute atomic E-state index is 0.127. The molecule has 2 aromatic rings. The lowest BCUT2D eigenvalue weighted by Crippen LogP contribution is -2.51. The predicted octanol–water partition coefficient (Wildman–Crippen LogP) is 3.70. The maximum atomic E-state index is 12.1. The molecule has 2 aliphatic heterocycles. The van der Waals surface area contributed by atoms with Crippen LogP contribution in [-0.4, -0.2) is 44.8 Å². The second-order valence-electron chi connectivity index (χ2n) is 8.31. The summed E-state index contributed by atoms with van der Waals surface area (Å²) in [7, 11) is 0. The number of fused-ring (bicyclic) bond motifs is 3. The van der Waals surface area contributed by atoms with E-state index in [2.05, 4.69) is 20.2 Å². The van der Waals surface area contributed by atoms with Crippen LogP contribution in [0.5, 0.6) is 0 Å². The number of aromatic nitrogens is 3. The molecular weight excluding hydrogens is 366 g/mol. The lowest BCUT2D eigenvalue weighted by molar-refractivity contribution is 0.0492. The van der Waals surface area contributed by atoms with Gasteiger partial charge >= 0.3 is 6.09 Å². The van der Waals surface area contributed by atoms with Crippen molar-refractivity contribution in [1.82, 2.24) is 20.3 Å². The first-order chi connectivity index (χ1) is 12.8. The summed E-state index contributed by atoms with van der Waals surface area (Å²) in [4.78, 5) is 27.8. The van der Waals surface area contributed by atoms with Gasteiger partial charge in [-0.1, -0.05) is 11.6 Å². The SMILES string of the molecule is CC(C)(C)OC(=O)NC1C[C@H]2CC[C@@H](C1)N2c1cnc2nc(Cl)ccc2n1. The Balaban J connectivity index is 1.48. The number of halogens is 1. The Morgan fingerprint density at radius 2 is 1.93 bits per heavy atom. The van der Waals surface area contributed by atoms with Gasteiger partial charge in [0.15, 0.2) is 5.65 Å². The number of rotatable bonds is 2. The highest BCUT2D eigenvalue weighted by Crippen LogP contribution is 2.38. The average Bonchev–Trinajstić information content (AvgIpc) is 2.83. The van der Waals surface area contributed by atoms with Crippen LogP contribution in [0.2, 0.25) is 5.15 Å². The van der Waals surface area contributed by atoms with Gasteiger partial charge in [-0.3, -0.25) is 0 Å². The Bertz CT molecular complexity index is 855. The molecule has 2 bridgehead atoms. The summed E-state index contributed by atoms with van der Waals surface area (Å²) in [6, 6.07) is 4.39. The Hall–Kier alpha value is -2.15. The maximum absolute atomic E-state index is 12.1. The molecule has 1 unspecified atom stereocenters. The zero-order valence-electron chi connectivity index (χ0n) is 15.8. The molecule has 7 nitrogen and oxygen atoms in total. The minimum Gasteiger partial charge on any atom is -0.444 e.